The van der Waals surface area contributed by atoms with Gasteiger partial charge in [0.25, 0.3) is 0 Å². The molecule has 1 fully saturated rings. The van der Waals surface area contributed by atoms with E-state index in [4.69, 9.17) is 4.98 Å². The average molecular weight is 377 g/mol. The fraction of sp³-hybridized carbons (Fsp3) is 0.273. The Labute approximate surface area is 164 Å². The molecule has 0 aliphatic carbocycles. The van der Waals surface area contributed by atoms with E-state index in [-0.39, 0.29) is 5.82 Å². The maximum Gasteiger partial charge on any atom is 0.229 e. The molecule has 3 aromatic rings. The summed E-state index contributed by atoms with van der Waals surface area (Å²) < 4.78 is 13.1. The van der Waals surface area contributed by atoms with Gasteiger partial charge in [-0.15, -0.1) is 0 Å². The highest BCUT2D eigenvalue weighted by molar-refractivity contribution is 5.59. The van der Waals surface area contributed by atoms with Gasteiger partial charge in [-0.3, -0.25) is 0 Å². The Morgan fingerprint density at radius 1 is 0.929 bits per heavy atom. The molecule has 0 bridgehead atoms. The number of nitrogens with zero attached hydrogens (tertiary/aromatic N) is 4. The highest BCUT2D eigenvalue weighted by atomic mass is 19.1. The summed E-state index contributed by atoms with van der Waals surface area (Å²) in [5.41, 5.74) is 3.34. The van der Waals surface area contributed by atoms with Crippen LogP contribution < -0.4 is 15.1 Å². The van der Waals surface area contributed by atoms with Gasteiger partial charge >= 0.3 is 0 Å². The molecule has 0 radical (unpaired) electrons. The number of piperazine rings is 1. The van der Waals surface area contributed by atoms with Gasteiger partial charge in [0.15, 0.2) is 0 Å². The van der Waals surface area contributed by atoms with Gasteiger partial charge in [-0.1, -0.05) is 25.1 Å². The van der Waals surface area contributed by atoms with E-state index >= 15 is 0 Å². The first kappa shape index (κ1) is 18.2. The lowest BCUT2D eigenvalue weighted by Crippen LogP contribution is -2.46. The van der Waals surface area contributed by atoms with E-state index in [0.717, 1.165) is 49.8 Å². The molecule has 1 aliphatic rings. The monoisotopic (exact) mass is 377 g/mol. The largest absolute Gasteiger partial charge is 0.368 e. The fourth-order valence-electron chi connectivity index (χ4n) is 3.50. The van der Waals surface area contributed by atoms with Gasteiger partial charge in [0.05, 0.1) is 0 Å². The zero-order valence-corrected chi connectivity index (χ0v) is 16.0. The van der Waals surface area contributed by atoms with Crippen LogP contribution in [-0.2, 0) is 6.42 Å². The van der Waals surface area contributed by atoms with Crippen molar-refractivity contribution < 1.29 is 4.39 Å². The minimum absolute atomic E-state index is 0.201. The summed E-state index contributed by atoms with van der Waals surface area (Å²) in [6.45, 7) is 5.60. The van der Waals surface area contributed by atoms with Crippen molar-refractivity contribution in [3.05, 3.63) is 72.2 Å². The average Bonchev–Trinajstić information content (AvgIpc) is 2.75. The van der Waals surface area contributed by atoms with Crippen LogP contribution in [0.1, 0.15) is 12.5 Å². The summed E-state index contributed by atoms with van der Waals surface area (Å²) in [6.07, 6.45) is 2.75. The van der Waals surface area contributed by atoms with Crippen LogP contribution in [0.3, 0.4) is 0 Å². The normalized spacial score (nSPS) is 14.2. The van der Waals surface area contributed by atoms with Gasteiger partial charge in [0, 0.05) is 43.8 Å². The Morgan fingerprint density at radius 2 is 1.64 bits per heavy atom. The van der Waals surface area contributed by atoms with E-state index in [0.29, 0.717) is 5.95 Å². The van der Waals surface area contributed by atoms with Gasteiger partial charge in [-0.25, -0.2) is 9.37 Å². The Morgan fingerprint density at radius 3 is 2.39 bits per heavy atom. The molecule has 0 spiro atoms. The van der Waals surface area contributed by atoms with Crippen LogP contribution in [-0.4, -0.2) is 36.1 Å². The molecule has 0 atom stereocenters. The summed E-state index contributed by atoms with van der Waals surface area (Å²) in [7, 11) is 0. The Bertz CT molecular complexity index is 920. The summed E-state index contributed by atoms with van der Waals surface area (Å²) in [5.74, 6) is 1.33. The number of para-hydroxylation sites is 1. The third-order valence-electron chi connectivity index (χ3n) is 5.08. The molecule has 0 saturated carbocycles. The minimum Gasteiger partial charge on any atom is -0.368 e. The van der Waals surface area contributed by atoms with Crippen LogP contribution in [0.2, 0.25) is 0 Å². The number of benzene rings is 2. The molecule has 1 N–H and O–H groups in total. The number of rotatable bonds is 5. The van der Waals surface area contributed by atoms with Gasteiger partial charge in [0.2, 0.25) is 5.95 Å². The van der Waals surface area contributed by atoms with Gasteiger partial charge < -0.3 is 15.1 Å². The summed E-state index contributed by atoms with van der Waals surface area (Å²) >= 11 is 0. The van der Waals surface area contributed by atoms with Crippen LogP contribution in [0.5, 0.6) is 0 Å². The number of anilines is 4. The topological polar surface area (TPSA) is 44.3 Å². The first-order chi connectivity index (χ1) is 13.7. The lowest BCUT2D eigenvalue weighted by Gasteiger charge is -2.36. The van der Waals surface area contributed by atoms with Gasteiger partial charge in [0.1, 0.15) is 11.6 Å². The Hall–Kier alpha value is -3.15. The van der Waals surface area contributed by atoms with Gasteiger partial charge in [-0.2, -0.15) is 4.98 Å². The molecular weight excluding hydrogens is 353 g/mol. The van der Waals surface area contributed by atoms with Crippen LogP contribution in [0.25, 0.3) is 0 Å². The van der Waals surface area contributed by atoms with Crippen molar-refractivity contribution in [3.8, 4) is 0 Å². The van der Waals surface area contributed by atoms with E-state index in [9.17, 15) is 4.39 Å². The second-order valence-electron chi connectivity index (χ2n) is 6.82. The van der Waals surface area contributed by atoms with Crippen LogP contribution in [0, 0.1) is 5.82 Å². The summed E-state index contributed by atoms with van der Waals surface area (Å²) in [6, 6.07) is 16.9. The molecule has 1 aliphatic heterocycles. The third-order valence-corrected chi connectivity index (χ3v) is 5.08. The number of hydrogen-bond acceptors (Lipinski definition) is 5. The first-order valence-corrected chi connectivity index (χ1v) is 9.66. The smallest absolute Gasteiger partial charge is 0.229 e. The second-order valence-corrected chi connectivity index (χ2v) is 6.82. The minimum atomic E-state index is -0.201. The number of hydrogen-bond donors (Lipinski definition) is 1. The molecule has 0 amide bonds. The van der Waals surface area contributed by atoms with Crippen molar-refractivity contribution in [2.24, 2.45) is 0 Å². The summed E-state index contributed by atoms with van der Waals surface area (Å²) in [4.78, 5) is 13.6. The quantitative estimate of drug-likeness (QED) is 0.720. The predicted octanol–water partition coefficient (Wildman–Crippen LogP) is 4.25. The zero-order chi connectivity index (χ0) is 19.3. The molecule has 2 heterocycles. The maximum absolute atomic E-state index is 13.1. The number of aromatic nitrogens is 2. The van der Waals surface area contributed by atoms with Crippen molar-refractivity contribution in [3.63, 3.8) is 0 Å². The Kier molecular flexibility index (Phi) is 5.37. The number of nitrogens with one attached hydrogen (secondary N) is 1. The van der Waals surface area contributed by atoms with E-state index < -0.39 is 0 Å². The molecule has 1 saturated heterocycles. The number of aryl methyl sites for hydroxylation is 1. The molecule has 2 aromatic carbocycles. The zero-order valence-electron chi connectivity index (χ0n) is 16.0. The van der Waals surface area contributed by atoms with Crippen LogP contribution >= 0.6 is 0 Å². The van der Waals surface area contributed by atoms with Crippen molar-refractivity contribution in [2.45, 2.75) is 13.3 Å². The molecule has 5 nitrogen and oxygen atoms in total. The maximum atomic E-state index is 13.1. The Balaban J connectivity index is 1.43. The van der Waals surface area contributed by atoms with Crippen molar-refractivity contribution in [2.75, 3.05) is 41.3 Å². The van der Waals surface area contributed by atoms with E-state index in [2.05, 4.69) is 39.2 Å². The molecule has 6 heteroatoms. The molecule has 4 rings (SSSR count). The molecule has 28 heavy (non-hydrogen) atoms. The molecular formula is C22H24FN5. The lowest BCUT2D eigenvalue weighted by atomic mass is 10.1. The highest BCUT2D eigenvalue weighted by Crippen LogP contribution is 2.22. The lowest BCUT2D eigenvalue weighted by molar-refractivity contribution is 0.624. The van der Waals surface area contributed by atoms with Gasteiger partial charge in [-0.05, 0) is 48.4 Å². The van der Waals surface area contributed by atoms with Crippen LogP contribution in [0.15, 0.2) is 60.8 Å². The van der Waals surface area contributed by atoms with E-state index in [1.54, 1.807) is 6.20 Å². The number of halogens is 1. The molecule has 0 unspecified atom stereocenters. The fourth-order valence-corrected chi connectivity index (χ4v) is 3.50. The van der Waals surface area contributed by atoms with Crippen molar-refractivity contribution in [1.29, 1.82) is 0 Å². The van der Waals surface area contributed by atoms with Crippen molar-refractivity contribution in [1.82, 2.24) is 9.97 Å². The van der Waals surface area contributed by atoms with E-state index in [1.165, 1.54) is 17.7 Å². The van der Waals surface area contributed by atoms with E-state index in [1.807, 2.05) is 30.3 Å². The molecule has 1 aromatic heterocycles. The van der Waals surface area contributed by atoms with Crippen molar-refractivity contribution >= 4 is 23.1 Å². The molecule has 144 valence electrons. The predicted molar refractivity (Wildman–Crippen MR) is 112 cm³/mol. The standard InChI is InChI=1S/C22H24FN5/c1-2-17-5-3-4-6-20(17)25-22-24-12-11-21(26-22)28-15-13-27(14-16-28)19-9-7-18(23)8-10-19/h3-12H,2,13-16H2,1H3,(H,24,25,26). The highest BCUT2D eigenvalue weighted by Gasteiger charge is 2.19. The van der Waals surface area contributed by atoms with Crippen LogP contribution in [0.4, 0.5) is 27.5 Å². The third kappa shape index (κ3) is 4.06. The SMILES string of the molecule is CCc1ccccc1Nc1nccc(N2CCN(c3ccc(F)cc3)CC2)n1. The summed E-state index contributed by atoms with van der Waals surface area (Å²) in [5, 5.41) is 3.35. The first-order valence-electron chi connectivity index (χ1n) is 9.66. The second kappa shape index (κ2) is 8.25.